The molecule has 1 aliphatic carbocycles. The van der Waals surface area contributed by atoms with E-state index in [1.807, 2.05) is 12.2 Å². The average Bonchev–Trinajstić information content (AvgIpc) is 3.26. The summed E-state index contributed by atoms with van der Waals surface area (Å²) in [6.45, 7) is 3.24. The summed E-state index contributed by atoms with van der Waals surface area (Å²) < 4.78 is 33.5. The van der Waals surface area contributed by atoms with Crippen LogP contribution in [-0.2, 0) is 32.7 Å². The summed E-state index contributed by atoms with van der Waals surface area (Å²) >= 11 is 0. The van der Waals surface area contributed by atoms with Crippen molar-refractivity contribution in [3.63, 3.8) is 0 Å². The quantitative estimate of drug-likeness (QED) is 0.0147. The molecule has 0 heterocycles. The van der Waals surface area contributed by atoms with Crippen LogP contribution in [0.5, 0.6) is 0 Å². The fraction of sp³-hybridized carbons (Fsp3) is 0.796. The van der Waals surface area contributed by atoms with Crippen molar-refractivity contribution in [3.05, 3.63) is 48.6 Å². The second kappa shape index (κ2) is 39.0. The Labute approximate surface area is 380 Å². The summed E-state index contributed by atoms with van der Waals surface area (Å²) in [6.07, 6.45) is 33.1. The van der Waals surface area contributed by atoms with Crippen LogP contribution < -0.4 is 0 Å². The largest absolute Gasteiger partial charge is 0.472 e. The molecule has 14 heteroatoms. The maximum absolute atomic E-state index is 12.8. The topological polar surface area (TPSA) is 210 Å². The van der Waals surface area contributed by atoms with Gasteiger partial charge in [-0.1, -0.05) is 178 Å². The van der Waals surface area contributed by atoms with Crippen LogP contribution in [0.2, 0.25) is 0 Å². The first-order chi connectivity index (χ1) is 30.4. The van der Waals surface area contributed by atoms with Gasteiger partial charge in [-0.3, -0.25) is 18.6 Å². The molecular formula is C49H87O13P. The molecule has 0 aliphatic heterocycles. The molecule has 0 bridgehead atoms. The molecule has 0 aromatic rings. The van der Waals surface area contributed by atoms with Crippen LogP contribution in [0.15, 0.2) is 48.6 Å². The van der Waals surface area contributed by atoms with Crippen molar-refractivity contribution in [2.75, 3.05) is 13.2 Å². The normalized spacial score (nSPS) is 22.1. The van der Waals surface area contributed by atoms with Crippen molar-refractivity contribution in [1.82, 2.24) is 0 Å². The van der Waals surface area contributed by atoms with E-state index >= 15 is 0 Å². The van der Waals surface area contributed by atoms with Gasteiger partial charge in [-0.25, -0.2) is 4.57 Å². The zero-order valence-corrected chi connectivity index (χ0v) is 39.8. The Bertz CT molecular complexity index is 1290. The molecule has 63 heavy (non-hydrogen) atoms. The maximum atomic E-state index is 12.8. The second-order valence-electron chi connectivity index (χ2n) is 17.0. The van der Waals surface area contributed by atoms with Crippen molar-refractivity contribution in [2.45, 2.75) is 236 Å². The second-order valence-corrected chi connectivity index (χ2v) is 18.4. The van der Waals surface area contributed by atoms with E-state index in [4.69, 9.17) is 18.5 Å². The first kappa shape index (κ1) is 58.8. The van der Waals surface area contributed by atoms with Gasteiger partial charge in [-0.2, -0.15) is 0 Å². The molecule has 0 aromatic heterocycles. The molecule has 1 rings (SSSR count). The number of carbonyl (C=O) groups excluding carboxylic acids is 2. The summed E-state index contributed by atoms with van der Waals surface area (Å²) in [4.78, 5) is 35.7. The van der Waals surface area contributed by atoms with E-state index in [1.54, 1.807) is 0 Å². The number of phosphoric acid groups is 1. The molecule has 0 spiro atoms. The summed E-state index contributed by atoms with van der Waals surface area (Å²) in [5, 5.41) is 50.2. The molecule has 0 amide bonds. The van der Waals surface area contributed by atoms with Crippen LogP contribution >= 0.6 is 7.82 Å². The molecule has 6 N–H and O–H groups in total. The summed E-state index contributed by atoms with van der Waals surface area (Å²) in [5.41, 5.74) is 0. The Kier molecular flexibility index (Phi) is 36.4. The summed E-state index contributed by atoms with van der Waals surface area (Å²) in [7, 11) is -5.13. The number of esters is 2. The number of hydrogen-bond donors (Lipinski definition) is 6. The van der Waals surface area contributed by atoms with Gasteiger partial charge in [-0.15, -0.1) is 0 Å². The predicted molar refractivity (Wildman–Crippen MR) is 249 cm³/mol. The third-order valence-corrected chi connectivity index (χ3v) is 12.2. The summed E-state index contributed by atoms with van der Waals surface area (Å²) in [5.74, 6) is -1.16. The van der Waals surface area contributed by atoms with Gasteiger partial charge >= 0.3 is 19.8 Å². The molecular weight excluding hydrogens is 828 g/mol. The molecule has 1 fully saturated rings. The predicted octanol–water partition coefficient (Wildman–Crippen LogP) is 9.95. The van der Waals surface area contributed by atoms with E-state index in [-0.39, 0.29) is 12.8 Å². The SMILES string of the molecule is CCCCCC=CCC=CCC=CCC=CCCCC(=O)O[C@H](COC(=O)CCCCCCCCCCCCCCCCCCC)COP(=O)(O)OC1C(O)C(O)C(O)[C@@H](O)C1O. The highest BCUT2D eigenvalue weighted by Gasteiger charge is 2.51. The van der Waals surface area contributed by atoms with Crippen LogP contribution in [0.3, 0.4) is 0 Å². The number of ether oxygens (including phenoxy) is 2. The molecule has 1 aliphatic rings. The van der Waals surface area contributed by atoms with E-state index in [2.05, 4.69) is 50.3 Å². The van der Waals surface area contributed by atoms with E-state index in [9.17, 15) is 44.6 Å². The minimum absolute atomic E-state index is 0.0214. The summed E-state index contributed by atoms with van der Waals surface area (Å²) in [6, 6.07) is 0. The Morgan fingerprint density at radius 1 is 0.492 bits per heavy atom. The zero-order chi connectivity index (χ0) is 46.4. The minimum atomic E-state index is -5.13. The highest BCUT2D eigenvalue weighted by Crippen LogP contribution is 2.47. The first-order valence-electron chi connectivity index (χ1n) is 24.4. The van der Waals surface area contributed by atoms with Crippen LogP contribution in [0, 0.1) is 0 Å². The van der Waals surface area contributed by atoms with Crippen LogP contribution in [0.4, 0.5) is 0 Å². The van der Waals surface area contributed by atoms with Crippen LogP contribution in [0.1, 0.15) is 194 Å². The van der Waals surface area contributed by atoms with Crippen molar-refractivity contribution in [2.24, 2.45) is 0 Å². The molecule has 0 radical (unpaired) electrons. The Morgan fingerprint density at radius 3 is 1.35 bits per heavy atom. The molecule has 0 saturated heterocycles. The van der Waals surface area contributed by atoms with Gasteiger partial charge in [0.25, 0.3) is 0 Å². The maximum Gasteiger partial charge on any atom is 0.472 e. The lowest BCUT2D eigenvalue weighted by molar-refractivity contribution is -0.220. The third-order valence-electron chi connectivity index (χ3n) is 11.2. The standard InChI is InChI=1S/C49H87O13P/c1-3-5-7-9-11-13-15-17-19-21-23-25-27-29-31-33-35-37-42(50)59-39-41(40-60-63(57,58)62-49-47(55)45(53)44(52)46(54)48(49)56)61-43(51)38-36-34-32-30-28-26-24-22-20-18-16-14-12-10-8-6-4-2/h12,14,18,20,24,26,30,32,41,44-49,52-56H,3-11,13,15-17,19,21-23,25,27-29,31,33-40H2,1-2H3,(H,57,58)/t41-,44?,45-,46?,47?,48?,49?/m1/s1. The van der Waals surface area contributed by atoms with Crippen molar-refractivity contribution in [1.29, 1.82) is 0 Å². The average molecular weight is 915 g/mol. The molecule has 366 valence electrons. The third kappa shape index (κ3) is 31.4. The fourth-order valence-corrected chi connectivity index (χ4v) is 8.19. The van der Waals surface area contributed by atoms with Crippen molar-refractivity contribution in [3.8, 4) is 0 Å². The molecule has 13 nitrogen and oxygen atoms in total. The van der Waals surface area contributed by atoms with Crippen LogP contribution in [-0.4, -0.2) is 98.3 Å². The monoisotopic (exact) mass is 915 g/mol. The first-order valence-corrected chi connectivity index (χ1v) is 25.9. The fourth-order valence-electron chi connectivity index (χ4n) is 7.22. The van der Waals surface area contributed by atoms with E-state index in [1.165, 1.54) is 103 Å². The van der Waals surface area contributed by atoms with Crippen LogP contribution in [0.25, 0.3) is 0 Å². The van der Waals surface area contributed by atoms with Gasteiger partial charge in [0.05, 0.1) is 6.61 Å². The Morgan fingerprint density at radius 2 is 0.873 bits per heavy atom. The van der Waals surface area contributed by atoms with Gasteiger partial charge in [0, 0.05) is 12.8 Å². The van der Waals surface area contributed by atoms with Crippen molar-refractivity contribution >= 4 is 19.8 Å². The number of phosphoric ester groups is 1. The van der Waals surface area contributed by atoms with Gasteiger partial charge in [0.2, 0.25) is 0 Å². The zero-order valence-electron chi connectivity index (χ0n) is 38.9. The number of unbranched alkanes of at least 4 members (excludes halogenated alkanes) is 20. The van der Waals surface area contributed by atoms with Gasteiger partial charge < -0.3 is 39.9 Å². The molecule has 0 aromatic carbocycles. The number of aliphatic hydroxyl groups is 5. The van der Waals surface area contributed by atoms with Gasteiger partial charge in [0.15, 0.2) is 6.10 Å². The van der Waals surface area contributed by atoms with Gasteiger partial charge in [-0.05, 0) is 51.4 Å². The highest BCUT2D eigenvalue weighted by molar-refractivity contribution is 7.47. The minimum Gasteiger partial charge on any atom is -0.462 e. The lowest BCUT2D eigenvalue weighted by atomic mass is 9.85. The number of aliphatic hydroxyl groups excluding tert-OH is 5. The number of carbonyl (C=O) groups is 2. The lowest BCUT2D eigenvalue weighted by Gasteiger charge is -2.41. The smallest absolute Gasteiger partial charge is 0.462 e. The number of allylic oxidation sites excluding steroid dienone is 8. The molecule has 8 atom stereocenters. The lowest BCUT2D eigenvalue weighted by Crippen LogP contribution is -2.64. The van der Waals surface area contributed by atoms with Crippen molar-refractivity contribution < 1.29 is 63.1 Å². The molecule has 1 saturated carbocycles. The van der Waals surface area contributed by atoms with E-state index < -0.39 is 75.7 Å². The number of hydrogen-bond acceptors (Lipinski definition) is 12. The van der Waals surface area contributed by atoms with E-state index in [0.29, 0.717) is 19.3 Å². The highest BCUT2D eigenvalue weighted by atomic mass is 31.2. The van der Waals surface area contributed by atoms with Gasteiger partial charge in [0.1, 0.15) is 43.2 Å². The Balaban J connectivity index is 2.47. The molecule has 6 unspecified atom stereocenters. The Hall–Kier alpha value is -2.19. The van der Waals surface area contributed by atoms with E-state index in [0.717, 1.165) is 44.9 Å². The number of rotatable bonds is 40.